The van der Waals surface area contributed by atoms with Crippen LogP contribution >= 0.6 is 0 Å². The van der Waals surface area contributed by atoms with E-state index >= 15 is 0 Å². The standard InChI is InChI=1S/C12H12O3/c1-12(15,11(13)14)10-7-6-8-4-2-3-5-9(8)10/h2-7,10,15H,1H3,(H,13,14). The molecule has 2 N–H and O–H groups in total. The minimum Gasteiger partial charge on any atom is -0.479 e. The number of carboxylic acid groups (broad SMARTS) is 1. The summed E-state index contributed by atoms with van der Waals surface area (Å²) in [5.41, 5.74) is 0.0947. The number of rotatable bonds is 2. The average molecular weight is 204 g/mol. The van der Waals surface area contributed by atoms with Crippen LogP contribution in [0.4, 0.5) is 0 Å². The average Bonchev–Trinajstić information content (AvgIpc) is 2.61. The smallest absolute Gasteiger partial charge is 0.336 e. The van der Waals surface area contributed by atoms with Crippen LogP contribution in [0.3, 0.4) is 0 Å². The van der Waals surface area contributed by atoms with E-state index in [0.717, 1.165) is 11.1 Å². The summed E-state index contributed by atoms with van der Waals surface area (Å²) in [6.45, 7) is 1.33. The molecule has 0 bridgehead atoms. The second-order valence-corrected chi connectivity index (χ2v) is 3.92. The van der Waals surface area contributed by atoms with Crippen molar-refractivity contribution < 1.29 is 15.0 Å². The summed E-state index contributed by atoms with van der Waals surface area (Å²) in [6, 6.07) is 7.49. The Balaban J connectivity index is 2.44. The summed E-state index contributed by atoms with van der Waals surface area (Å²) in [7, 11) is 0. The Bertz CT molecular complexity index is 432. The zero-order valence-corrected chi connectivity index (χ0v) is 8.34. The van der Waals surface area contributed by atoms with Crippen molar-refractivity contribution in [3.8, 4) is 0 Å². The van der Waals surface area contributed by atoms with Gasteiger partial charge in [0.05, 0.1) is 0 Å². The van der Waals surface area contributed by atoms with E-state index in [1.165, 1.54) is 6.92 Å². The molecule has 1 aromatic rings. The SMILES string of the molecule is CC(O)(C(=O)O)C1C=Cc2ccccc21. The monoisotopic (exact) mass is 204 g/mol. The van der Waals surface area contributed by atoms with Crippen LogP contribution in [0.25, 0.3) is 6.08 Å². The first-order valence-electron chi connectivity index (χ1n) is 4.76. The molecule has 0 saturated heterocycles. The van der Waals surface area contributed by atoms with Gasteiger partial charge in [-0.1, -0.05) is 36.4 Å². The van der Waals surface area contributed by atoms with Crippen LogP contribution in [0.15, 0.2) is 30.3 Å². The fourth-order valence-corrected chi connectivity index (χ4v) is 1.87. The molecule has 1 aliphatic rings. The molecule has 1 aromatic carbocycles. The van der Waals surface area contributed by atoms with Crippen molar-refractivity contribution in [2.45, 2.75) is 18.4 Å². The second-order valence-electron chi connectivity index (χ2n) is 3.92. The maximum absolute atomic E-state index is 10.9. The molecule has 0 aliphatic heterocycles. The summed E-state index contributed by atoms with van der Waals surface area (Å²) < 4.78 is 0. The van der Waals surface area contributed by atoms with Gasteiger partial charge in [0, 0.05) is 5.92 Å². The van der Waals surface area contributed by atoms with Crippen LogP contribution in [0.5, 0.6) is 0 Å². The molecule has 0 saturated carbocycles. The highest BCUT2D eigenvalue weighted by Gasteiger charge is 2.41. The van der Waals surface area contributed by atoms with E-state index in [2.05, 4.69) is 0 Å². The minimum absolute atomic E-state index is 0.466. The van der Waals surface area contributed by atoms with Crippen molar-refractivity contribution >= 4 is 12.0 Å². The van der Waals surface area contributed by atoms with Gasteiger partial charge in [-0.05, 0) is 18.1 Å². The fraction of sp³-hybridized carbons (Fsp3) is 0.250. The Morgan fingerprint density at radius 3 is 2.73 bits per heavy atom. The number of carbonyl (C=O) groups is 1. The molecule has 3 nitrogen and oxygen atoms in total. The van der Waals surface area contributed by atoms with E-state index in [1.807, 2.05) is 30.3 Å². The third kappa shape index (κ3) is 1.45. The Kier molecular flexibility index (Phi) is 2.12. The Morgan fingerprint density at radius 1 is 1.40 bits per heavy atom. The zero-order chi connectivity index (χ0) is 11.1. The number of aliphatic hydroxyl groups is 1. The normalized spacial score (nSPS) is 22.1. The van der Waals surface area contributed by atoms with Crippen molar-refractivity contribution in [1.29, 1.82) is 0 Å². The maximum atomic E-state index is 10.9. The van der Waals surface area contributed by atoms with E-state index in [9.17, 15) is 9.90 Å². The molecule has 0 radical (unpaired) electrons. The summed E-state index contributed by atoms with van der Waals surface area (Å²) in [6.07, 6.45) is 3.58. The van der Waals surface area contributed by atoms with Crippen molar-refractivity contribution in [3.05, 3.63) is 41.5 Å². The van der Waals surface area contributed by atoms with Crippen LogP contribution in [-0.4, -0.2) is 21.8 Å². The lowest BCUT2D eigenvalue weighted by molar-refractivity contribution is -0.157. The predicted molar refractivity (Wildman–Crippen MR) is 56.5 cm³/mol. The summed E-state index contributed by atoms with van der Waals surface area (Å²) in [4.78, 5) is 10.9. The lowest BCUT2D eigenvalue weighted by Crippen LogP contribution is -2.40. The summed E-state index contributed by atoms with van der Waals surface area (Å²) in [5, 5.41) is 18.8. The number of carboxylic acids is 1. The predicted octanol–water partition coefficient (Wildman–Crippen LogP) is 1.63. The number of fused-ring (bicyclic) bond motifs is 1. The van der Waals surface area contributed by atoms with Gasteiger partial charge in [0.25, 0.3) is 0 Å². The van der Waals surface area contributed by atoms with Crippen molar-refractivity contribution in [2.24, 2.45) is 0 Å². The van der Waals surface area contributed by atoms with Crippen molar-refractivity contribution in [3.63, 3.8) is 0 Å². The van der Waals surface area contributed by atoms with E-state index in [-0.39, 0.29) is 0 Å². The van der Waals surface area contributed by atoms with Crippen molar-refractivity contribution in [2.75, 3.05) is 0 Å². The minimum atomic E-state index is -1.75. The largest absolute Gasteiger partial charge is 0.479 e. The first kappa shape index (κ1) is 9.93. The Hall–Kier alpha value is -1.61. The molecule has 3 heteroatoms. The van der Waals surface area contributed by atoms with Crippen LogP contribution < -0.4 is 0 Å². The second kappa shape index (κ2) is 3.21. The summed E-state index contributed by atoms with van der Waals surface area (Å²) >= 11 is 0. The van der Waals surface area contributed by atoms with E-state index in [4.69, 9.17) is 5.11 Å². The lowest BCUT2D eigenvalue weighted by Gasteiger charge is -2.25. The van der Waals surface area contributed by atoms with Gasteiger partial charge in [0.1, 0.15) is 0 Å². The van der Waals surface area contributed by atoms with E-state index in [0.29, 0.717) is 0 Å². The van der Waals surface area contributed by atoms with Crippen molar-refractivity contribution in [1.82, 2.24) is 0 Å². The molecule has 0 aromatic heterocycles. The first-order valence-corrected chi connectivity index (χ1v) is 4.76. The zero-order valence-electron chi connectivity index (χ0n) is 8.34. The first-order chi connectivity index (χ1) is 7.03. The van der Waals surface area contributed by atoms with Gasteiger partial charge < -0.3 is 10.2 Å². The molecule has 0 amide bonds. The third-order valence-corrected chi connectivity index (χ3v) is 2.84. The maximum Gasteiger partial charge on any atom is 0.336 e. The highest BCUT2D eigenvalue weighted by Crippen LogP contribution is 2.37. The third-order valence-electron chi connectivity index (χ3n) is 2.84. The van der Waals surface area contributed by atoms with Gasteiger partial charge in [0.2, 0.25) is 0 Å². The Morgan fingerprint density at radius 2 is 2.07 bits per heavy atom. The fourth-order valence-electron chi connectivity index (χ4n) is 1.87. The van der Waals surface area contributed by atoms with Gasteiger partial charge >= 0.3 is 5.97 Å². The lowest BCUT2D eigenvalue weighted by atomic mass is 9.85. The van der Waals surface area contributed by atoms with Crippen LogP contribution in [-0.2, 0) is 4.79 Å². The van der Waals surface area contributed by atoms with Gasteiger partial charge in [-0.25, -0.2) is 4.79 Å². The number of aliphatic carboxylic acids is 1. The molecule has 2 atom stereocenters. The quantitative estimate of drug-likeness (QED) is 0.769. The number of hydrogen-bond donors (Lipinski definition) is 2. The molecule has 78 valence electrons. The molecule has 0 fully saturated rings. The topological polar surface area (TPSA) is 57.5 Å². The molecular weight excluding hydrogens is 192 g/mol. The van der Waals surface area contributed by atoms with Crippen LogP contribution in [0, 0.1) is 0 Å². The summed E-state index contributed by atoms with van der Waals surface area (Å²) in [5.74, 6) is -1.67. The van der Waals surface area contributed by atoms with Crippen LogP contribution in [0.2, 0.25) is 0 Å². The van der Waals surface area contributed by atoms with Gasteiger partial charge in [0.15, 0.2) is 5.60 Å². The van der Waals surface area contributed by atoms with E-state index in [1.54, 1.807) is 6.08 Å². The Labute approximate surface area is 87.7 Å². The molecule has 1 aliphatic carbocycles. The molecule has 0 spiro atoms. The van der Waals surface area contributed by atoms with E-state index < -0.39 is 17.5 Å². The van der Waals surface area contributed by atoms with Crippen LogP contribution in [0.1, 0.15) is 24.0 Å². The highest BCUT2D eigenvalue weighted by atomic mass is 16.4. The molecule has 15 heavy (non-hydrogen) atoms. The molecular formula is C12H12O3. The molecule has 2 unspecified atom stereocenters. The number of benzene rings is 1. The highest BCUT2D eigenvalue weighted by molar-refractivity contribution is 5.81. The van der Waals surface area contributed by atoms with Gasteiger partial charge in [-0.15, -0.1) is 0 Å². The van der Waals surface area contributed by atoms with Gasteiger partial charge in [-0.2, -0.15) is 0 Å². The number of hydrogen-bond acceptors (Lipinski definition) is 2. The van der Waals surface area contributed by atoms with Gasteiger partial charge in [-0.3, -0.25) is 0 Å². The molecule has 2 rings (SSSR count). The molecule has 0 heterocycles.